The molecule has 1 aliphatic heterocycles. The van der Waals surface area contributed by atoms with Crippen LogP contribution in [0.25, 0.3) is 11.1 Å². The zero-order valence-electron chi connectivity index (χ0n) is 25.1. The molecular formula is C34H35Cl2N7O2. The number of aromatic amines is 1. The summed E-state index contributed by atoms with van der Waals surface area (Å²) in [5.41, 5.74) is 3.85. The Morgan fingerprint density at radius 3 is 2.31 bits per heavy atom. The summed E-state index contributed by atoms with van der Waals surface area (Å²) in [6, 6.07) is 20.6. The third-order valence-corrected chi connectivity index (χ3v) is 9.38. The highest BCUT2D eigenvalue weighted by Gasteiger charge is 2.50. The lowest BCUT2D eigenvalue weighted by molar-refractivity contribution is -0.132. The van der Waals surface area contributed by atoms with Crippen molar-refractivity contribution in [1.82, 2.24) is 30.8 Å². The second-order valence-electron chi connectivity index (χ2n) is 11.6. The summed E-state index contributed by atoms with van der Waals surface area (Å²) in [5.74, 6) is 0.121. The van der Waals surface area contributed by atoms with Crippen LogP contribution in [0.2, 0.25) is 10.0 Å². The molecule has 1 atom stereocenters. The summed E-state index contributed by atoms with van der Waals surface area (Å²) < 4.78 is 0. The number of benzene rings is 3. The normalized spacial score (nSPS) is 16.6. The van der Waals surface area contributed by atoms with Crippen molar-refractivity contribution in [3.8, 4) is 11.1 Å². The monoisotopic (exact) mass is 643 g/mol. The molecule has 45 heavy (non-hydrogen) atoms. The maximum Gasteiger partial charge on any atom is 0.275 e. The number of nitrogens with one attached hydrogen (secondary N) is 2. The molecule has 2 amide bonds. The Balaban J connectivity index is 1.29. The van der Waals surface area contributed by atoms with Crippen molar-refractivity contribution in [1.29, 1.82) is 0 Å². The largest absolute Gasteiger partial charge is 0.345 e. The maximum atomic E-state index is 14.5. The molecule has 2 N–H and O–H groups in total. The van der Waals surface area contributed by atoms with Gasteiger partial charge >= 0.3 is 0 Å². The van der Waals surface area contributed by atoms with Gasteiger partial charge in [0.15, 0.2) is 5.82 Å². The van der Waals surface area contributed by atoms with E-state index in [-0.39, 0.29) is 24.4 Å². The van der Waals surface area contributed by atoms with Crippen LogP contribution in [-0.4, -0.2) is 48.7 Å². The van der Waals surface area contributed by atoms with E-state index >= 15 is 0 Å². The average molecular weight is 645 g/mol. The SMILES string of the molecule is CCCCC(c1ccc(C(=O)NCc2nn[nH]n2)cc1)N1C(=O)C(c2ccc(-c3c(Cl)cccc3Cl)cc2)=NC12CCCCC2. The smallest absolute Gasteiger partial charge is 0.275 e. The van der Waals surface area contributed by atoms with E-state index in [0.29, 0.717) is 27.1 Å². The summed E-state index contributed by atoms with van der Waals surface area (Å²) in [7, 11) is 0. The van der Waals surface area contributed by atoms with Gasteiger partial charge in [-0.15, -0.1) is 10.2 Å². The van der Waals surface area contributed by atoms with Gasteiger partial charge in [-0.1, -0.05) is 97.1 Å². The van der Waals surface area contributed by atoms with E-state index in [1.54, 1.807) is 0 Å². The fourth-order valence-corrected chi connectivity index (χ4v) is 7.11. The van der Waals surface area contributed by atoms with Crippen LogP contribution in [0.5, 0.6) is 0 Å². The van der Waals surface area contributed by atoms with E-state index in [1.807, 2.05) is 66.7 Å². The summed E-state index contributed by atoms with van der Waals surface area (Å²) in [6.45, 7) is 2.33. The van der Waals surface area contributed by atoms with Crippen LogP contribution < -0.4 is 5.32 Å². The summed E-state index contributed by atoms with van der Waals surface area (Å²) in [5, 5.41) is 17.6. The molecule has 1 aliphatic carbocycles. The van der Waals surface area contributed by atoms with E-state index in [0.717, 1.165) is 73.6 Å². The van der Waals surface area contributed by atoms with Crippen LogP contribution >= 0.6 is 23.2 Å². The molecule has 6 rings (SSSR count). The minimum atomic E-state index is -0.589. The Kier molecular flexibility index (Phi) is 9.28. The average Bonchev–Trinajstić information content (AvgIpc) is 3.68. The van der Waals surface area contributed by atoms with Crippen molar-refractivity contribution in [2.45, 2.75) is 76.5 Å². The molecule has 11 heteroatoms. The Labute approximate surface area is 272 Å². The number of hydrogen-bond acceptors (Lipinski definition) is 6. The number of rotatable bonds is 10. The first-order chi connectivity index (χ1) is 21.9. The standard InChI is InChI=1S/C34H35Cl2N7O2/c1-2-3-10-28(22-11-17-25(18-12-22)32(44)37-21-29-39-41-42-40-29)43-33(45)31(38-34(43)19-5-4-6-20-34)24-15-13-23(14-16-24)30-26(35)8-7-9-27(30)36/h7-9,11-18,28H,2-6,10,19-21H2,1H3,(H,37,44)(H,39,40,41,42). The van der Waals surface area contributed by atoms with Gasteiger partial charge in [-0.25, -0.2) is 0 Å². The second-order valence-corrected chi connectivity index (χ2v) is 12.5. The fourth-order valence-electron chi connectivity index (χ4n) is 6.49. The Hall–Kier alpha value is -4.08. The zero-order chi connectivity index (χ0) is 31.4. The quantitative estimate of drug-likeness (QED) is 0.188. The second kappa shape index (κ2) is 13.5. The molecule has 2 heterocycles. The highest BCUT2D eigenvalue weighted by atomic mass is 35.5. The van der Waals surface area contributed by atoms with E-state index in [9.17, 15) is 9.59 Å². The highest BCUT2D eigenvalue weighted by Crippen LogP contribution is 2.46. The molecular weight excluding hydrogens is 609 g/mol. The number of unbranched alkanes of at least 4 members (excludes halogenated alkanes) is 1. The van der Waals surface area contributed by atoms with E-state index in [2.05, 4.69) is 37.8 Å². The predicted octanol–water partition coefficient (Wildman–Crippen LogP) is 7.33. The summed E-state index contributed by atoms with van der Waals surface area (Å²) in [6.07, 6.45) is 7.59. The number of aromatic nitrogens is 4. The molecule has 0 saturated heterocycles. The lowest BCUT2D eigenvalue weighted by atomic mass is 9.86. The summed E-state index contributed by atoms with van der Waals surface area (Å²) in [4.78, 5) is 34.6. The highest BCUT2D eigenvalue weighted by molar-refractivity contribution is 6.47. The first-order valence-electron chi connectivity index (χ1n) is 15.5. The van der Waals surface area contributed by atoms with Crippen molar-refractivity contribution in [2.75, 3.05) is 0 Å². The molecule has 1 aromatic heterocycles. The van der Waals surface area contributed by atoms with Crippen molar-refractivity contribution >= 4 is 40.7 Å². The molecule has 1 unspecified atom stereocenters. The van der Waals surface area contributed by atoms with Gasteiger partial charge in [0, 0.05) is 26.7 Å². The molecule has 0 bridgehead atoms. The number of tetrazole rings is 1. The molecule has 0 radical (unpaired) electrons. The van der Waals surface area contributed by atoms with E-state index in [4.69, 9.17) is 28.2 Å². The topological polar surface area (TPSA) is 116 Å². The number of carbonyl (C=O) groups is 2. The van der Waals surface area contributed by atoms with Crippen molar-refractivity contribution in [2.24, 2.45) is 4.99 Å². The third-order valence-electron chi connectivity index (χ3n) is 8.75. The molecule has 9 nitrogen and oxygen atoms in total. The van der Waals surface area contributed by atoms with Gasteiger partial charge in [0.25, 0.3) is 11.8 Å². The van der Waals surface area contributed by atoms with Crippen LogP contribution in [0.3, 0.4) is 0 Å². The van der Waals surface area contributed by atoms with Gasteiger partial charge in [-0.05, 0) is 67.5 Å². The van der Waals surface area contributed by atoms with Crippen LogP contribution in [0.4, 0.5) is 0 Å². The first-order valence-corrected chi connectivity index (χ1v) is 16.2. The third kappa shape index (κ3) is 6.37. The number of hydrogen-bond donors (Lipinski definition) is 2. The van der Waals surface area contributed by atoms with Crippen LogP contribution in [0, 0.1) is 0 Å². The van der Waals surface area contributed by atoms with E-state index < -0.39 is 5.66 Å². The molecule has 1 spiro atoms. The van der Waals surface area contributed by atoms with Gasteiger partial charge in [-0.2, -0.15) is 5.21 Å². The Bertz CT molecular complexity index is 1660. The number of H-pyrrole nitrogens is 1. The minimum Gasteiger partial charge on any atom is -0.345 e. The predicted molar refractivity (Wildman–Crippen MR) is 175 cm³/mol. The van der Waals surface area contributed by atoms with Gasteiger partial charge in [-0.3, -0.25) is 14.6 Å². The van der Waals surface area contributed by atoms with Crippen LogP contribution in [0.15, 0.2) is 71.7 Å². The number of halogens is 2. The van der Waals surface area contributed by atoms with Crippen LogP contribution in [-0.2, 0) is 11.3 Å². The van der Waals surface area contributed by atoms with Gasteiger partial charge in [0.1, 0.15) is 11.4 Å². The minimum absolute atomic E-state index is 0.0524. The Morgan fingerprint density at radius 1 is 0.978 bits per heavy atom. The number of amides is 2. The van der Waals surface area contributed by atoms with Gasteiger partial charge < -0.3 is 10.2 Å². The maximum absolute atomic E-state index is 14.5. The lowest BCUT2D eigenvalue weighted by Crippen LogP contribution is -2.50. The van der Waals surface area contributed by atoms with Gasteiger partial charge in [0.05, 0.1) is 12.6 Å². The van der Waals surface area contributed by atoms with Crippen LogP contribution in [0.1, 0.15) is 91.6 Å². The molecule has 2 aliphatic rings. The lowest BCUT2D eigenvalue weighted by Gasteiger charge is -2.44. The fraction of sp³-hybridized carbons (Fsp3) is 0.353. The Morgan fingerprint density at radius 2 is 1.67 bits per heavy atom. The number of aliphatic imine (C=N–C) groups is 1. The number of nitrogens with zero attached hydrogens (tertiary/aromatic N) is 5. The van der Waals surface area contributed by atoms with Crippen molar-refractivity contribution in [3.05, 3.63) is 99.3 Å². The van der Waals surface area contributed by atoms with E-state index in [1.165, 1.54) is 0 Å². The number of carbonyl (C=O) groups excluding carboxylic acids is 2. The summed E-state index contributed by atoms with van der Waals surface area (Å²) >= 11 is 12.9. The molecule has 1 saturated carbocycles. The molecule has 4 aromatic rings. The molecule has 1 fully saturated rings. The molecule has 232 valence electrons. The molecule has 3 aromatic carbocycles. The first kappa shape index (κ1) is 30.9. The zero-order valence-corrected chi connectivity index (χ0v) is 26.6. The van der Waals surface area contributed by atoms with Gasteiger partial charge in [0.2, 0.25) is 0 Å². The van der Waals surface area contributed by atoms with Crippen molar-refractivity contribution in [3.63, 3.8) is 0 Å². The van der Waals surface area contributed by atoms with Crippen molar-refractivity contribution < 1.29 is 9.59 Å².